The van der Waals surface area contributed by atoms with Crippen molar-refractivity contribution >= 4 is 21.8 Å². The fourth-order valence-electron chi connectivity index (χ4n) is 2.15. The SMILES string of the molecule is CC(C(N)=O)(c1ccccc1)C(Br)c1ccccc1. The minimum absolute atomic E-state index is 0.166. The van der Waals surface area contributed by atoms with Gasteiger partial charge in [-0.15, -0.1) is 0 Å². The van der Waals surface area contributed by atoms with Crippen molar-refractivity contribution in [3.05, 3.63) is 71.8 Å². The molecule has 2 atom stereocenters. The van der Waals surface area contributed by atoms with Gasteiger partial charge in [0.15, 0.2) is 0 Å². The second kappa shape index (κ2) is 5.57. The minimum atomic E-state index is -0.789. The summed E-state index contributed by atoms with van der Waals surface area (Å²) in [6.45, 7) is 1.87. The lowest BCUT2D eigenvalue weighted by Gasteiger charge is -2.32. The summed E-state index contributed by atoms with van der Waals surface area (Å²) in [7, 11) is 0. The molecule has 0 aromatic heterocycles. The van der Waals surface area contributed by atoms with Crippen LogP contribution in [0.3, 0.4) is 0 Å². The van der Waals surface area contributed by atoms with Crippen molar-refractivity contribution in [1.29, 1.82) is 0 Å². The monoisotopic (exact) mass is 317 g/mol. The Kier molecular flexibility index (Phi) is 4.05. The highest BCUT2D eigenvalue weighted by atomic mass is 79.9. The number of carbonyl (C=O) groups is 1. The standard InChI is InChI=1S/C16H16BrNO/c1-16(15(18)19,13-10-6-3-7-11-13)14(17)12-8-4-2-5-9-12/h2-11,14H,1H3,(H2,18,19). The molecule has 0 fully saturated rings. The molecule has 0 aliphatic carbocycles. The van der Waals surface area contributed by atoms with Gasteiger partial charge in [0.25, 0.3) is 0 Å². The van der Waals surface area contributed by atoms with Crippen molar-refractivity contribution in [2.24, 2.45) is 5.73 Å². The van der Waals surface area contributed by atoms with Crippen LogP contribution in [0.2, 0.25) is 0 Å². The molecule has 0 heterocycles. The van der Waals surface area contributed by atoms with Crippen LogP contribution in [-0.2, 0) is 10.2 Å². The van der Waals surface area contributed by atoms with Crippen LogP contribution in [0.1, 0.15) is 22.9 Å². The third-order valence-corrected chi connectivity index (χ3v) is 4.93. The zero-order chi connectivity index (χ0) is 13.9. The van der Waals surface area contributed by atoms with Gasteiger partial charge in [-0.05, 0) is 18.1 Å². The maximum Gasteiger partial charge on any atom is 0.229 e. The quantitative estimate of drug-likeness (QED) is 0.861. The first-order valence-corrected chi connectivity index (χ1v) is 7.03. The predicted octanol–water partition coefficient (Wildman–Crippen LogP) is 3.57. The molecule has 0 spiro atoms. The summed E-state index contributed by atoms with van der Waals surface area (Å²) in [5, 5.41) is 0. The summed E-state index contributed by atoms with van der Waals surface area (Å²) in [5.74, 6) is -0.343. The molecule has 1 amide bonds. The van der Waals surface area contributed by atoms with Gasteiger partial charge in [-0.25, -0.2) is 0 Å². The Morgan fingerprint density at radius 1 is 1.05 bits per heavy atom. The molecule has 19 heavy (non-hydrogen) atoms. The van der Waals surface area contributed by atoms with Crippen LogP contribution >= 0.6 is 15.9 Å². The van der Waals surface area contributed by atoms with E-state index < -0.39 is 5.41 Å². The van der Waals surface area contributed by atoms with Crippen molar-refractivity contribution in [2.45, 2.75) is 17.2 Å². The van der Waals surface area contributed by atoms with Gasteiger partial charge >= 0.3 is 0 Å². The minimum Gasteiger partial charge on any atom is -0.369 e. The molecule has 0 radical (unpaired) electrons. The Balaban J connectivity index is 2.49. The zero-order valence-electron chi connectivity index (χ0n) is 10.7. The first-order valence-electron chi connectivity index (χ1n) is 6.11. The van der Waals surface area contributed by atoms with Gasteiger partial charge in [-0.3, -0.25) is 4.79 Å². The van der Waals surface area contributed by atoms with Gasteiger partial charge in [-0.1, -0.05) is 76.6 Å². The molecular weight excluding hydrogens is 302 g/mol. The molecule has 3 heteroatoms. The average molecular weight is 318 g/mol. The Morgan fingerprint density at radius 2 is 1.53 bits per heavy atom. The van der Waals surface area contributed by atoms with Gasteiger partial charge in [0, 0.05) is 0 Å². The van der Waals surface area contributed by atoms with E-state index in [4.69, 9.17) is 5.73 Å². The van der Waals surface area contributed by atoms with E-state index in [0.717, 1.165) is 11.1 Å². The fourth-order valence-corrected chi connectivity index (χ4v) is 2.95. The van der Waals surface area contributed by atoms with E-state index in [9.17, 15) is 4.79 Å². The number of benzene rings is 2. The number of nitrogens with two attached hydrogens (primary N) is 1. The van der Waals surface area contributed by atoms with Gasteiger partial charge in [0.05, 0.1) is 10.2 Å². The molecule has 0 bridgehead atoms. The Hall–Kier alpha value is -1.61. The normalized spacial score (nSPS) is 15.5. The third kappa shape index (κ3) is 2.56. The highest BCUT2D eigenvalue weighted by molar-refractivity contribution is 9.09. The van der Waals surface area contributed by atoms with Crippen LogP contribution in [0.15, 0.2) is 60.7 Å². The average Bonchev–Trinajstić information content (AvgIpc) is 2.47. The largest absolute Gasteiger partial charge is 0.369 e. The smallest absolute Gasteiger partial charge is 0.229 e. The number of carbonyl (C=O) groups excluding carboxylic acids is 1. The molecule has 2 nitrogen and oxygen atoms in total. The van der Waals surface area contributed by atoms with Crippen LogP contribution in [0.4, 0.5) is 0 Å². The van der Waals surface area contributed by atoms with Crippen LogP contribution < -0.4 is 5.73 Å². The molecule has 0 saturated heterocycles. The number of primary amides is 1. The third-order valence-electron chi connectivity index (χ3n) is 3.48. The number of halogens is 1. The van der Waals surface area contributed by atoms with E-state index in [0.29, 0.717) is 0 Å². The second-order valence-electron chi connectivity index (χ2n) is 4.71. The molecule has 2 rings (SSSR count). The summed E-state index contributed by atoms with van der Waals surface area (Å²) in [6.07, 6.45) is 0. The van der Waals surface area contributed by atoms with Crippen molar-refractivity contribution in [3.8, 4) is 0 Å². The van der Waals surface area contributed by atoms with E-state index in [-0.39, 0.29) is 10.7 Å². The number of hydrogen-bond acceptors (Lipinski definition) is 1. The molecule has 98 valence electrons. The Labute approximate surface area is 121 Å². The lowest BCUT2D eigenvalue weighted by molar-refractivity contribution is -0.123. The van der Waals surface area contributed by atoms with Crippen molar-refractivity contribution < 1.29 is 4.79 Å². The first-order chi connectivity index (χ1) is 9.06. The van der Waals surface area contributed by atoms with Gasteiger partial charge in [0.1, 0.15) is 0 Å². The fraction of sp³-hybridized carbons (Fsp3) is 0.188. The molecule has 2 N–H and O–H groups in total. The van der Waals surface area contributed by atoms with Gasteiger partial charge < -0.3 is 5.73 Å². The number of alkyl halides is 1. The van der Waals surface area contributed by atoms with Gasteiger partial charge in [-0.2, -0.15) is 0 Å². The maximum atomic E-state index is 12.0. The number of hydrogen-bond donors (Lipinski definition) is 1. The topological polar surface area (TPSA) is 43.1 Å². The van der Waals surface area contributed by atoms with Crippen LogP contribution in [0, 0.1) is 0 Å². The number of rotatable bonds is 4. The maximum absolute atomic E-state index is 12.0. The highest BCUT2D eigenvalue weighted by Gasteiger charge is 2.40. The second-order valence-corrected chi connectivity index (χ2v) is 5.62. The van der Waals surface area contributed by atoms with Gasteiger partial charge in [0.2, 0.25) is 5.91 Å². The van der Waals surface area contributed by atoms with Crippen LogP contribution in [0.25, 0.3) is 0 Å². The van der Waals surface area contributed by atoms with E-state index >= 15 is 0 Å². The van der Waals surface area contributed by atoms with E-state index in [1.807, 2.05) is 67.6 Å². The lowest BCUT2D eigenvalue weighted by atomic mass is 9.76. The van der Waals surface area contributed by atoms with E-state index in [2.05, 4.69) is 15.9 Å². The molecule has 0 aliphatic rings. The zero-order valence-corrected chi connectivity index (χ0v) is 12.3. The highest BCUT2D eigenvalue weighted by Crippen LogP contribution is 2.42. The first kappa shape index (κ1) is 13.8. The van der Waals surface area contributed by atoms with E-state index in [1.165, 1.54) is 0 Å². The molecule has 2 aromatic carbocycles. The lowest BCUT2D eigenvalue weighted by Crippen LogP contribution is -2.41. The Morgan fingerprint density at radius 3 is 2.00 bits per heavy atom. The van der Waals surface area contributed by atoms with Crippen LogP contribution in [-0.4, -0.2) is 5.91 Å². The number of amides is 1. The molecule has 2 unspecified atom stereocenters. The molecule has 2 aromatic rings. The van der Waals surface area contributed by atoms with Crippen molar-refractivity contribution in [2.75, 3.05) is 0 Å². The summed E-state index contributed by atoms with van der Waals surface area (Å²) in [5.41, 5.74) is 6.83. The molecule has 0 saturated carbocycles. The summed E-state index contributed by atoms with van der Waals surface area (Å²) in [6, 6.07) is 19.5. The predicted molar refractivity (Wildman–Crippen MR) is 81.1 cm³/mol. The summed E-state index contributed by atoms with van der Waals surface area (Å²) >= 11 is 3.65. The molecular formula is C16H16BrNO. The Bertz CT molecular complexity index is 555. The molecule has 0 aliphatic heterocycles. The van der Waals surface area contributed by atoms with Crippen molar-refractivity contribution in [3.63, 3.8) is 0 Å². The summed E-state index contributed by atoms with van der Waals surface area (Å²) < 4.78 is 0. The van der Waals surface area contributed by atoms with Crippen LogP contribution in [0.5, 0.6) is 0 Å². The van der Waals surface area contributed by atoms with E-state index in [1.54, 1.807) is 0 Å². The summed E-state index contributed by atoms with van der Waals surface area (Å²) in [4.78, 5) is 11.9. The van der Waals surface area contributed by atoms with Crippen molar-refractivity contribution in [1.82, 2.24) is 0 Å².